The van der Waals surface area contributed by atoms with E-state index < -0.39 is 17.8 Å². The van der Waals surface area contributed by atoms with E-state index in [4.69, 9.17) is 0 Å². The minimum absolute atomic E-state index is 0.274. The Bertz CT molecular complexity index is 523. The molecule has 1 N–H and O–H groups in total. The molecule has 0 saturated heterocycles. The number of hydrazine groups is 1. The Labute approximate surface area is 107 Å². The number of amides is 1. The van der Waals surface area contributed by atoms with Crippen LogP contribution in [0.3, 0.4) is 0 Å². The van der Waals surface area contributed by atoms with Crippen LogP contribution in [0.2, 0.25) is 0 Å². The molecule has 1 aliphatic rings. The Morgan fingerprint density at radius 2 is 1.95 bits per heavy atom. The van der Waals surface area contributed by atoms with E-state index in [1.807, 2.05) is 0 Å². The molecular formula is C12H10F3N3O. The van der Waals surface area contributed by atoms with E-state index in [9.17, 15) is 18.0 Å². The van der Waals surface area contributed by atoms with E-state index in [-0.39, 0.29) is 6.67 Å². The number of nitrogens with one attached hydrogen (secondary N) is 1. The number of hydrogen-bond donors (Lipinski definition) is 1. The molecule has 1 aromatic rings. The fraction of sp³-hybridized carbons (Fsp3) is 0.167. The van der Waals surface area contributed by atoms with Crippen LogP contribution in [0.15, 0.2) is 47.6 Å². The average molecular weight is 269 g/mol. The molecule has 0 fully saturated rings. The Balaban J connectivity index is 1.96. The normalized spacial score (nSPS) is 15.1. The van der Waals surface area contributed by atoms with Gasteiger partial charge < -0.3 is 0 Å². The van der Waals surface area contributed by atoms with Crippen LogP contribution in [0.4, 0.5) is 13.2 Å². The smallest absolute Gasteiger partial charge is 0.271 e. The van der Waals surface area contributed by atoms with Gasteiger partial charge in [0.1, 0.15) is 12.4 Å². The molecule has 100 valence electrons. The largest absolute Gasteiger partial charge is 0.433 e. The summed E-state index contributed by atoms with van der Waals surface area (Å²) in [6.45, 7) is -0.274. The van der Waals surface area contributed by atoms with Gasteiger partial charge in [-0.15, -0.1) is 0 Å². The van der Waals surface area contributed by atoms with E-state index in [1.165, 1.54) is 5.01 Å². The van der Waals surface area contributed by atoms with E-state index in [0.29, 0.717) is 5.56 Å². The highest BCUT2D eigenvalue weighted by molar-refractivity contribution is 6.00. The summed E-state index contributed by atoms with van der Waals surface area (Å²) >= 11 is 0. The third kappa shape index (κ3) is 3.34. The van der Waals surface area contributed by atoms with Gasteiger partial charge in [0, 0.05) is 11.8 Å². The number of carbonyl (C=O) groups is 1. The number of allylic oxidation sites excluding steroid dienone is 1. The number of carbonyl (C=O) groups excluding carboxylic acids is 1. The van der Waals surface area contributed by atoms with Gasteiger partial charge in [-0.1, -0.05) is 18.2 Å². The summed E-state index contributed by atoms with van der Waals surface area (Å²) in [6.07, 6.45) is -2.52. The van der Waals surface area contributed by atoms with Gasteiger partial charge in [-0.25, -0.2) is 0 Å². The highest BCUT2D eigenvalue weighted by Crippen LogP contribution is 2.19. The summed E-state index contributed by atoms with van der Waals surface area (Å²) in [7, 11) is 0. The Hall–Kier alpha value is -2.31. The van der Waals surface area contributed by atoms with Crippen molar-refractivity contribution in [2.75, 3.05) is 6.67 Å². The fourth-order valence-electron chi connectivity index (χ4n) is 1.45. The van der Waals surface area contributed by atoms with Crippen molar-refractivity contribution in [2.24, 2.45) is 4.99 Å². The lowest BCUT2D eigenvalue weighted by molar-refractivity contribution is -0.0584. The van der Waals surface area contributed by atoms with Crippen LogP contribution in [-0.2, 0) is 0 Å². The number of aliphatic imine (C=N–C) groups is 1. The monoisotopic (exact) mass is 269 g/mol. The summed E-state index contributed by atoms with van der Waals surface area (Å²) < 4.78 is 36.9. The van der Waals surface area contributed by atoms with Crippen molar-refractivity contribution in [3.63, 3.8) is 0 Å². The molecule has 4 nitrogen and oxygen atoms in total. The quantitative estimate of drug-likeness (QED) is 0.893. The Kier molecular flexibility index (Phi) is 3.55. The van der Waals surface area contributed by atoms with Crippen molar-refractivity contribution in [3.05, 3.63) is 48.2 Å². The standard InChI is InChI=1S/C12H10F3N3O/c13-12(14,15)10-6-7-18(8-16-10)17-11(19)9-4-2-1-3-5-9/h1-7H,8H2,(H,17,19). The van der Waals surface area contributed by atoms with Gasteiger partial charge >= 0.3 is 6.18 Å². The number of halogens is 3. The maximum absolute atomic E-state index is 12.3. The molecule has 1 heterocycles. The number of alkyl halides is 3. The highest BCUT2D eigenvalue weighted by Gasteiger charge is 2.34. The molecule has 0 bridgehead atoms. The van der Waals surface area contributed by atoms with Crippen LogP contribution in [0.25, 0.3) is 0 Å². The molecule has 0 aliphatic carbocycles. The Morgan fingerprint density at radius 1 is 1.26 bits per heavy atom. The van der Waals surface area contributed by atoms with Crippen molar-refractivity contribution in [3.8, 4) is 0 Å². The average Bonchev–Trinajstić information content (AvgIpc) is 2.39. The first-order valence-electron chi connectivity index (χ1n) is 5.39. The number of benzene rings is 1. The lowest BCUT2D eigenvalue weighted by Gasteiger charge is -2.23. The first-order chi connectivity index (χ1) is 8.97. The van der Waals surface area contributed by atoms with Crippen molar-refractivity contribution in [1.82, 2.24) is 10.4 Å². The first kappa shape index (κ1) is 13.1. The molecule has 1 amide bonds. The molecule has 0 aromatic heterocycles. The van der Waals surface area contributed by atoms with Gasteiger partial charge in [0.25, 0.3) is 5.91 Å². The third-order valence-electron chi connectivity index (χ3n) is 2.38. The minimum atomic E-state index is -4.47. The predicted molar refractivity (Wildman–Crippen MR) is 63.2 cm³/mol. The van der Waals surface area contributed by atoms with Crippen molar-refractivity contribution in [1.29, 1.82) is 0 Å². The number of nitrogens with zero attached hydrogens (tertiary/aromatic N) is 2. The van der Waals surface area contributed by atoms with Crippen molar-refractivity contribution >= 4 is 11.6 Å². The second-order valence-electron chi connectivity index (χ2n) is 3.78. The van der Waals surface area contributed by atoms with E-state index in [0.717, 1.165) is 12.3 Å². The molecule has 1 aromatic carbocycles. The molecule has 2 rings (SSSR count). The SMILES string of the molecule is O=C(NN1C=CC(C(F)(F)F)=NC1)c1ccccc1. The fourth-order valence-corrected chi connectivity index (χ4v) is 1.45. The molecule has 7 heteroatoms. The zero-order chi connectivity index (χ0) is 13.9. The summed E-state index contributed by atoms with van der Waals surface area (Å²) in [4.78, 5) is 15.1. The van der Waals surface area contributed by atoms with Gasteiger partial charge in [0.15, 0.2) is 0 Å². The highest BCUT2D eigenvalue weighted by atomic mass is 19.4. The third-order valence-corrected chi connectivity index (χ3v) is 2.38. The lowest BCUT2D eigenvalue weighted by atomic mass is 10.2. The van der Waals surface area contributed by atoms with Crippen LogP contribution >= 0.6 is 0 Å². The van der Waals surface area contributed by atoms with Crippen LogP contribution in [-0.4, -0.2) is 29.5 Å². The molecule has 0 atom stereocenters. The molecule has 0 spiro atoms. The summed E-state index contributed by atoms with van der Waals surface area (Å²) in [5.41, 5.74) is 1.90. The second kappa shape index (κ2) is 5.13. The molecular weight excluding hydrogens is 259 g/mol. The molecule has 0 radical (unpaired) electrons. The van der Waals surface area contributed by atoms with Crippen LogP contribution in [0.1, 0.15) is 10.4 Å². The van der Waals surface area contributed by atoms with Gasteiger partial charge in [0.2, 0.25) is 0 Å². The van der Waals surface area contributed by atoms with Crippen LogP contribution in [0.5, 0.6) is 0 Å². The van der Waals surface area contributed by atoms with Crippen molar-refractivity contribution in [2.45, 2.75) is 6.18 Å². The number of hydrogen-bond acceptors (Lipinski definition) is 3. The van der Waals surface area contributed by atoms with Gasteiger partial charge in [-0.3, -0.25) is 20.2 Å². The number of rotatable bonds is 2. The minimum Gasteiger partial charge on any atom is -0.271 e. The topological polar surface area (TPSA) is 44.7 Å². The molecule has 0 unspecified atom stereocenters. The molecule has 1 aliphatic heterocycles. The lowest BCUT2D eigenvalue weighted by Crippen LogP contribution is -2.41. The molecule has 0 saturated carbocycles. The summed E-state index contributed by atoms with van der Waals surface area (Å²) in [5, 5.41) is 1.19. The summed E-state index contributed by atoms with van der Waals surface area (Å²) in [5.74, 6) is -0.407. The van der Waals surface area contributed by atoms with Gasteiger partial charge in [0.05, 0.1) is 0 Å². The van der Waals surface area contributed by atoms with E-state index >= 15 is 0 Å². The molecule has 19 heavy (non-hydrogen) atoms. The van der Waals surface area contributed by atoms with Crippen LogP contribution < -0.4 is 5.43 Å². The predicted octanol–water partition coefficient (Wildman–Crippen LogP) is 2.12. The summed E-state index contributed by atoms with van der Waals surface area (Å²) in [6, 6.07) is 8.36. The zero-order valence-corrected chi connectivity index (χ0v) is 9.69. The van der Waals surface area contributed by atoms with Gasteiger partial charge in [-0.2, -0.15) is 13.2 Å². The first-order valence-corrected chi connectivity index (χ1v) is 5.39. The van der Waals surface area contributed by atoms with Gasteiger partial charge in [-0.05, 0) is 18.2 Å². The zero-order valence-electron chi connectivity index (χ0n) is 9.69. The maximum atomic E-state index is 12.3. The van der Waals surface area contributed by atoms with E-state index in [1.54, 1.807) is 30.3 Å². The van der Waals surface area contributed by atoms with Crippen molar-refractivity contribution < 1.29 is 18.0 Å². The maximum Gasteiger partial charge on any atom is 0.433 e. The van der Waals surface area contributed by atoms with Crippen LogP contribution in [0, 0.1) is 0 Å². The Morgan fingerprint density at radius 3 is 2.47 bits per heavy atom. The van der Waals surface area contributed by atoms with E-state index in [2.05, 4.69) is 10.4 Å². The second-order valence-corrected chi connectivity index (χ2v) is 3.78.